The molecule has 0 amide bonds. The fraction of sp³-hybridized carbons (Fsp3) is 0.438. The van der Waals surface area contributed by atoms with E-state index in [1.54, 1.807) is 6.20 Å². The van der Waals surface area contributed by atoms with Crippen LogP contribution in [0.5, 0.6) is 0 Å². The number of aliphatic hydroxyl groups excluding tert-OH is 1. The molecule has 1 aromatic heterocycles. The lowest BCUT2D eigenvalue weighted by Gasteiger charge is -2.23. The molecule has 7 heteroatoms. The van der Waals surface area contributed by atoms with E-state index >= 15 is 0 Å². The Morgan fingerprint density at radius 2 is 1.87 bits per heavy atom. The number of alkyl halides is 3. The summed E-state index contributed by atoms with van der Waals surface area (Å²) < 4.78 is 39.4. The summed E-state index contributed by atoms with van der Waals surface area (Å²) in [5.41, 5.74) is -0.272. The van der Waals surface area contributed by atoms with Crippen LogP contribution in [0, 0.1) is 0 Å². The zero-order valence-corrected chi connectivity index (χ0v) is 13.0. The summed E-state index contributed by atoms with van der Waals surface area (Å²) in [5, 5.41) is 17.5. The molecule has 0 radical (unpaired) electrons. The minimum atomic E-state index is -4.37. The van der Waals surface area contributed by atoms with Gasteiger partial charge < -0.3 is 10.4 Å². The maximum Gasteiger partial charge on any atom is 0.416 e. The fourth-order valence-electron chi connectivity index (χ4n) is 2.23. The molecule has 0 saturated heterocycles. The van der Waals surface area contributed by atoms with E-state index in [0.717, 1.165) is 12.1 Å². The van der Waals surface area contributed by atoms with Gasteiger partial charge in [0, 0.05) is 25.0 Å². The van der Waals surface area contributed by atoms with Crippen LogP contribution in [0.25, 0.3) is 0 Å². The van der Waals surface area contributed by atoms with Crippen molar-refractivity contribution in [1.29, 1.82) is 0 Å². The van der Waals surface area contributed by atoms with E-state index in [-0.39, 0.29) is 18.6 Å². The Morgan fingerprint density at radius 1 is 1.22 bits per heavy atom. The Kier molecular flexibility index (Phi) is 5.43. The van der Waals surface area contributed by atoms with Gasteiger partial charge >= 0.3 is 6.18 Å². The predicted octanol–water partition coefficient (Wildman–Crippen LogP) is 3.17. The standard InChI is InChI=1S/C16H20F3N3O/c1-11(12(2)22-9-3-8-21-22)20-10-15(23)13-4-6-14(7-5-13)16(17,18)19/h3-9,11-12,15,20,23H,10H2,1-2H3/t11-,12-,15-/m0/s1. The summed E-state index contributed by atoms with van der Waals surface area (Å²) in [6.45, 7) is 4.21. The summed E-state index contributed by atoms with van der Waals surface area (Å²) in [5.74, 6) is 0. The van der Waals surface area contributed by atoms with Crippen molar-refractivity contribution in [2.75, 3.05) is 6.54 Å². The van der Waals surface area contributed by atoms with Crippen LogP contribution in [0.2, 0.25) is 0 Å². The Bertz CT molecular complexity index is 596. The van der Waals surface area contributed by atoms with E-state index < -0.39 is 17.8 Å². The molecule has 0 aliphatic carbocycles. The summed E-state index contributed by atoms with van der Waals surface area (Å²) >= 11 is 0. The molecule has 23 heavy (non-hydrogen) atoms. The van der Waals surface area contributed by atoms with Gasteiger partial charge in [0.05, 0.1) is 17.7 Å². The number of aliphatic hydroxyl groups is 1. The van der Waals surface area contributed by atoms with Gasteiger partial charge in [0.1, 0.15) is 0 Å². The molecule has 0 spiro atoms. The van der Waals surface area contributed by atoms with Crippen molar-refractivity contribution in [2.24, 2.45) is 0 Å². The number of aromatic nitrogens is 2. The Hall–Kier alpha value is -1.86. The van der Waals surface area contributed by atoms with Crippen molar-refractivity contribution < 1.29 is 18.3 Å². The highest BCUT2D eigenvalue weighted by molar-refractivity contribution is 5.26. The number of hydrogen-bond acceptors (Lipinski definition) is 3. The van der Waals surface area contributed by atoms with E-state index in [9.17, 15) is 18.3 Å². The molecule has 2 aromatic rings. The van der Waals surface area contributed by atoms with Gasteiger partial charge in [-0.05, 0) is 37.6 Å². The largest absolute Gasteiger partial charge is 0.416 e. The van der Waals surface area contributed by atoms with Gasteiger partial charge in [0.25, 0.3) is 0 Å². The second-order valence-corrected chi connectivity index (χ2v) is 5.56. The number of hydrogen-bond donors (Lipinski definition) is 2. The third-order valence-corrected chi connectivity index (χ3v) is 3.92. The molecule has 126 valence electrons. The number of halogens is 3. The van der Waals surface area contributed by atoms with Crippen LogP contribution in [-0.2, 0) is 6.18 Å². The first-order valence-electron chi connectivity index (χ1n) is 7.36. The van der Waals surface area contributed by atoms with Gasteiger partial charge in [-0.15, -0.1) is 0 Å². The van der Waals surface area contributed by atoms with Crippen molar-refractivity contribution in [2.45, 2.75) is 38.2 Å². The molecule has 0 fully saturated rings. The molecule has 0 saturated carbocycles. The summed E-state index contributed by atoms with van der Waals surface area (Å²) in [6.07, 6.45) is -1.69. The zero-order valence-electron chi connectivity index (χ0n) is 13.0. The van der Waals surface area contributed by atoms with Crippen molar-refractivity contribution in [3.8, 4) is 0 Å². The maximum absolute atomic E-state index is 12.5. The Morgan fingerprint density at radius 3 is 2.39 bits per heavy atom. The highest BCUT2D eigenvalue weighted by Gasteiger charge is 2.30. The van der Waals surface area contributed by atoms with Crippen LogP contribution in [0.1, 0.15) is 37.1 Å². The van der Waals surface area contributed by atoms with Crippen LogP contribution in [0.4, 0.5) is 13.2 Å². The molecule has 2 N–H and O–H groups in total. The van der Waals surface area contributed by atoms with Gasteiger partial charge in [0.2, 0.25) is 0 Å². The van der Waals surface area contributed by atoms with Crippen LogP contribution >= 0.6 is 0 Å². The van der Waals surface area contributed by atoms with Crippen LogP contribution in [0.15, 0.2) is 42.7 Å². The molecule has 0 unspecified atom stereocenters. The number of nitrogens with one attached hydrogen (secondary N) is 1. The number of benzene rings is 1. The van der Waals surface area contributed by atoms with Gasteiger partial charge in [0.15, 0.2) is 0 Å². The zero-order chi connectivity index (χ0) is 17.0. The average Bonchev–Trinajstić information content (AvgIpc) is 3.05. The highest BCUT2D eigenvalue weighted by atomic mass is 19.4. The lowest BCUT2D eigenvalue weighted by Crippen LogP contribution is -2.36. The summed E-state index contributed by atoms with van der Waals surface area (Å²) in [6, 6.07) is 6.53. The molecular weight excluding hydrogens is 307 g/mol. The lowest BCUT2D eigenvalue weighted by atomic mass is 10.1. The van der Waals surface area contributed by atoms with Crippen LogP contribution < -0.4 is 5.32 Å². The first-order valence-corrected chi connectivity index (χ1v) is 7.36. The SMILES string of the molecule is C[C@H](NC[C@H](O)c1ccc(C(F)(F)F)cc1)[C@H](C)n1cccn1. The molecule has 0 bridgehead atoms. The van der Waals surface area contributed by atoms with Crippen molar-refractivity contribution in [3.05, 3.63) is 53.9 Å². The van der Waals surface area contributed by atoms with E-state index in [1.807, 2.05) is 30.8 Å². The molecular formula is C16H20F3N3O. The second-order valence-electron chi connectivity index (χ2n) is 5.56. The van der Waals surface area contributed by atoms with Crippen LogP contribution in [-0.4, -0.2) is 27.5 Å². The first-order chi connectivity index (χ1) is 10.8. The normalized spacial score (nSPS) is 16.1. The fourth-order valence-corrected chi connectivity index (χ4v) is 2.23. The second kappa shape index (κ2) is 7.14. The molecule has 1 aromatic carbocycles. The molecule has 1 heterocycles. The third-order valence-electron chi connectivity index (χ3n) is 3.92. The van der Waals surface area contributed by atoms with Gasteiger partial charge in [-0.25, -0.2) is 0 Å². The average molecular weight is 327 g/mol. The number of nitrogens with zero attached hydrogens (tertiary/aromatic N) is 2. The number of rotatable bonds is 6. The first kappa shape index (κ1) is 17.5. The van der Waals surface area contributed by atoms with Gasteiger partial charge in [-0.2, -0.15) is 18.3 Å². The molecule has 3 atom stereocenters. The Labute approximate surface area is 132 Å². The lowest BCUT2D eigenvalue weighted by molar-refractivity contribution is -0.137. The molecule has 2 rings (SSSR count). The smallest absolute Gasteiger partial charge is 0.387 e. The molecule has 4 nitrogen and oxygen atoms in total. The summed E-state index contributed by atoms with van der Waals surface area (Å²) in [7, 11) is 0. The van der Waals surface area contributed by atoms with Gasteiger partial charge in [-0.1, -0.05) is 12.1 Å². The summed E-state index contributed by atoms with van der Waals surface area (Å²) in [4.78, 5) is 0. The third kappa shape index (κ3) is 4.56. The predicted molar refractivity (Wildman–Crippen MR) is 80.8 cm³/mol. The minimum Gasteiger partial charge on any atom is -0.387 e. The van der Waals surface area contributed by atoms with Crippen molar-refractivity contribution in [3.63, 3.8) is 0 Å². The maximum atomic E-state index is 12.5. The highest BCUT2D eigenvalue weighted by Crippen LogP contribution is 2.29. The Balaban J connectivity index is 1.90. The van der Waals surface area contributed by atoms with Crippen molar-refractivity contribution in [1.82, 2.24) is 15.1 Å². The van der Waals surface area contributed by atoms with E-state index in [0.29, 0.717) is 5.56 Å². The van der Waals surface area contributed by atoms with E-state index in [1.165, 1.54) is 12.1 Å². The minimum absolute atomic E-state index is 0.0407. The van der Waals surface area contributed by atoms with Gasteiger partial charge in [-0.3, -0.25) is 4.68 Å². The quantitative estimate of drug-likeness (QED) is 0.857. The monoisotopic (exact) mass is 327 g/mol. The molecule has 0 aliphatic heterocycles. The van der Waals surface area contributed by atoms with Crippen molar-refractivity contribution >= 4 is 0 Å². The van der Waals surface area contributed by atoms with E-state index in [2.05, 4.69) is 10.4 Å². The van der Waals surface area contributed by atoms with E-state index in [4.69, 9.17) is 0 Å². The molecule has 0 aliphatic rings. The topological polar surface area (TPSA) is 50.1 Å². The van der Waals surface area contributed by atoms with Crippen LogP contribution in [0.3, 0.4) is 0 Å².